The summed E-state index contributed by atoms with van der Waals surface area (Å²) in [7, 11) is -3.92. The number of sulfonamides is 1. The number of morpholine rings is 1. The second kappa shape index (κ2) is 9.27. The zero-order valence-corrected chi connectivity index (χ0v) is 17.7. The van der Waals surface area contributed by atoms with Crippen molar-refractivity contribution >= 4 is 27.6 Å². The minimum absolute atomic E-state index is 0.0289. The molecule has 1 fully saturated rings. The number of hydrogen-bond acceptors (Lipinski definition) is 6. The van der Waals surface area contributed by atoms with Gasteiger partial charge in [-0.1, -0.05) is 24.3 Å². The highest BCUT2D eigenvalue weighted by atomic mass is 32.2. The van der Waals surface area contributed by atoms with Crippen LogP contribution in [-0.2, 0) is 24.3 Å². The second-order valence-corrected chi connectivity index (χ2v) is 8.64. The first-order valence-corrected chi connectivity index (χ1v) is 11.0. The third-order valence-corrected chi connectivity index (χ3v) is 6.22. The Labute approximate surface area is 175 Å². The molecule has 8 nitrogen and oxygen atoms in total. The Morgan fingerprint density at radius 3 is 2.53 bits per heavy atom. The number of para-hydroxylation sites is 1. The van der Waals surface area contributed by atoms with E-state index in [4.69, 9.17) is 9.47 Å². The molecule has 2 aromatic carbocycles. The molecular weight excluding hydrogens is 408 g/mol. The lowest BCUT2D eigenvalue weighted by atomic mass is 10.2. The zero-order valence-electron chi connectivity index (χ0n) is 16.9. The summed E-state index contributed by atoms with van der Waals surface area (Å²) in [6.45, 7) is 4.87. The molecule has 0 aliphatic carbocycles. The van der Waals surface area contributed by atoms with E-state index < -0.39 is 22.6 Å². The van der Waals surface area contributed by atoms with Gasteiger partial charge in [0, 0.05) is 13.1 Å². The Bertz CT molecular complexity index is 1050. The summed E-state index contributed by atoms with van der Waals surface area (Å²) in [4.78, 5) is 26.4. The van der Waals surface area contributed by atoms with Crippen LogP contribution in [0.5, 0.6) is 0 Å². The van der Waals surface area contributed by atoms with Gasteiger partial charge in [-0.3, -0.25) is 9.52 Å². The molecule has 1 aliphatic heterocycles. The molecule has 1 saturated heterocycles. The molecule has 0 aromatic heterocycles. The van der Waals surface area contributed by atoms with Crippen LogP contribution in [0.3, 0.4) is 0 Å². The van der Waals surface area contributed by atoms with Crippen molar-refractivity contribution in [1.82, 2.24) is 4.90 Å². The standard InChI is InChI=1S/C21H24N2O6S/c1-15-7-8-16(2)19(13-15)30(26,27)22-18-6-4-3-5-17(18)21(25)29-14-20(24)23-9-11-28-12-10-23/h3-8,13,22H,9-12,14H2,1-2H3. The zero-order chi connectivity index (χ0) is 21.7. The van der Waals surface area contributed by atoms with E-state index in [1.54, 1.807) is 43.0 Å². The number of aryl methyl sites for hydroxylation is 2. The average molecular weight is 432 g/mol. The van der Waals surface area contributed by atoms with E-state index >= 15 is 0 Å². The predicted octanol–water partition coefficient (Wildman–Crippen LogP) is 2.12. The number of carbonyl (C=O) groups excluding carboxylic acids is 2. The van der Waals surface area contributed by atoms with E-state index in [2.05, 4.69) is 4.72 Å². The number of hydrogen-bond donors (Lipinski definition) is 1. The van der Waals surface area contributed by atoms with Gasteiger partial charge < -0.3 is 14.4 Å². The van der Waals surface area contributed by atoms with E-state index in [0.29, 0.717) is 31.9 Å². The number of nitrogens with one attached hydrogen (secondary N) is 1. The summed E-state index contributed by atoms with van der Waals surface area (Å²) < 4.78 is 38.6. The molecule has 2 aromatic rings. The van der Waals surface area contributed by atoms with Crippen molar-refractivity contribution < 1.29 is 27.5 Å². The molecule has 1 N–H and O–H groups in total. The molecule has 30 heavy (non-hydrogen) atoms. The fraction of sp³-hybridized carbons (Fsp3) is 0.333. The Morgan fingerprint density at radius 2 is 1.80 bits per heavy atom. The van der Waals surface area contributed by atoms with Gasteiger partial charge in [-0.2, -0.15) is 0 Å². The first kappa shape index (κ1) is 21.8. The number of ether oxygens (including phenoxy) is 2. The minimum atomic E-state index is -3.92. The van der Waals surface area contributed by atoms with E-state index in [1.807, 2.05) is 6.07 Å². The summed E-state index contributed by atoms with van der Waals surface area (Å²) >= 11 is 0. The molecular formula is C21H24N2O6S. The van der Waals surface area contributed by atoms with Gasteiger partial charge in [-0.05, 0) is 43.2 Å². The molecule has 0 saturated carbocycles. The highest BCUT2D eigenvalue weighted by Gasteiger charge is 2.23. The highest BCUT2D eigenvalue weighted by Crippen LogP contribution is 2.23. The lowest BCUT2D eigenvalue weighted by molar-refractivity contribution is -0.138. The van der Waals surface area contributed by atoms with E-state index in [-0.39, 0.29) is 22.1 Å². The van der Waals surface area contributed by atoms with Crippen LogP contribution >= 0.6 is 0 Å². The largest absolute Gasteiger partial charge is 0.452 e. The van der Waals surface area contributed by atoms with Crippen molar-refractivity contribution in [3.05, 3.63) is 59.2 Å². The molecule has 1 heterocycles. The van der Waals surface area contributed by atoms with E-state index in [0.717, 1.165) is 5.56 Å². The van der Waals surface area contributed by atoms with Crippen molar-refractivity contribution in [2.24, 2.45) is 0 Å². The number of esters is 1. The van der Waals surface area contributed by atoms with E-state index in [9.17, 15) is 18.0 Å². The maximum atomic E-state index is 12.9. The maximum Gasteiger partial charge on any atom is 0.340 e. The monoisotopic (exact) mass is 432 g/mol. The summed E-state index contributed by atoms with van der Waals surface area (Å²) in [6.07, 6.45) is 0. The smallest absolute Gasteiger partial charge is 0.340 e. The normalized spacial score (nSPS) is 14.3. The third-order valence-electron chi connectivity index (χ3n) is 4.71. The van der Waals surface area contributed by atoms with Gasteiger partial charge in [0.15, 0.2) is 6.61 Å². The van der Waals surface area contributed by atoms with Gasteiger partial charge in [0.1, 0.15) is 0 Å². The third kappa shape index (κ3) is 5.17. The molecule has 3 rings (SSSR count). The van der Waals surface area contributed by atoms with Crippen LogP contribution in [0.25, 0.3) is 0 Å². The second-order valence-electron chi connectivity index (χ2n) is 6.99. The molecule has 0 radical (unpaired) electrons. The summed E-state index contributed by atoms with van der Waals surface area (Å²) in [5, 5.41) is 0. The van der Waals surface area contributed by atoms with Crippen molar-refractivity contribution in [1.29, 1.82) is 0 Å². The first-order chi connectivity index (χ1) is 14.3. The number of rotatable bonds is 6. The van der Waals surface area contributed by atoms with Gasteiger partial charge in [-0.25, -0.2) is 13.2 Å². The number of amides is 1. The van der Waals surface area contributed by atoms with Crippen molar-refractivity contribution in [3.63, 3.8) is 0 Å². The first-order valence-electron chi connectivity index (χ1n) is 9.49. The maximum absolute atomic E-state index is 12.9. The van der Waals surface area contributed by atoms with Crippen molar-refractivity contribution in [2.45, 2.75) is 18.7 Å². The van der Waals surface area contributed by atoms with Crippen LogP contribution in [-0.4, -0.2) is 58.1 Å². The summed E-state index contributed by atoms with van der Waals surface area (Å²) in [5.41, 5.74) is 1.50. The van der Waals surface area contributed by atoms with Gasteiger partial charge in [-0.15, -0.1) is 0 Å². The van der Waals surface area contributed by atoms with Crippen LogP contribution in [0.4, 0.5) is 5.69 Å². The van der Waals surface area contributed by atoms with Crippen LogP contribution < -0.4 is 4.72 Å². The molecule has 160 valence electrons. The Balaban J connectivity index is 1.74. The van der Waals surface area contributed by atoms with Gasteiger partial charge >= 0.3 is 5.97 Å². The molecule has 0 bridgehead atoms. The topological polar surface area (TPSA) is 102 Å². The average Bonchev–Trinajstić information content (AvgIpc) is 2.74. The van der Waals surface area contributed by atoms with Gasteiger partial charge in [0.25, 0.3) is 15.9 Å². The lowest BCUT2D eigenvalue weighted by Crippen LogP contribution is -2.42. The number of nitrogens with zero attached hydrogens (tertiary/aromatic N) is 1. The molecule has 1 aliphatic rings. The predicted molar refractivity (Wildman–Crippen MR) is 111 cm³/mol. The van der Waals surface area contributed by atoms with Crippen LogP contribution in [0.1, 0.15) is 21.5 Å². The van der Waals surface area contributed by atoms with Gasteiger partial charge in [0.2, 0.25) is 0 Å². The summed E-state index contributed by atoms with van der Waals surface area (Å²) in [5.74, 6) is -1.10. The molecule has 0 spiro atoms. The van der Waals surface area contributed by atoms with Crippen molar-refractivity contribution in [2.75, 3.05) is 37.6 Å². The quantitative estimate of drug-likeness (QED) is 0.702. The molecule has 0 atom stereocenters. The van der Waals surface area contributed by atoms with E-state index in [1.165, 1.54) is 12.1 Å². The molecule has 9 heteroatoms. The Hall–Kier alpha value is -2.91. The van der Waals surface area contributed by atoms with Crippen molar-refractivity contribution in [3.8, 4) is 0 Å². The van der Waals surface area contributed by atoms with Crippen LogP contribution in [0.2, 0.25) is 0 Å². The molecule has 1 amide bonds. The van der Waals surface area contributed by atoms with Gasteiger partial charge in [0.05, 0.1) is 29.4 Å². The Morgan fingerprint density at radius 1 is 1.10 bits per heavy atom. The fourth-order valence-corrected chi connectivity index (χ4v) is 4.47. The number of benzene rings is 2. The lowest BCUT2D eigenvalue weighted by Gasteiger charge is -2.26. The highest BCUT2D eigenvalue weighted by molar-refractivity contribution is 7.92. The molecule has 0 unspecified atom stereocenters. The van der Waals surface area contributed by atoms with Crippen LogP contribution in [0.15, 0.2) is 47.4 Å². The number of anilines is 1. The fourth-order valence-electron chi connectivity index (χ4n) is 3.06. The minimum Gasteiger partial charge on any atom is -0.452 e. The summed E-state index contributed by atoms with van der Waals surface area (Å²) in [6, 6.07) is 11.2. The Kier molecular flexibility index (Phi) is 6.73. The number of carbonyl (C=O) groups is 2. The SMILES string of the molecule is Cc1ccc(C)c(S(=O)(=O)Nc2ccccc2C(=O)OCC(=O)N2CCOCC2)c1. The van der Waals surface area contributed by atoms with Crippen LogP contribution in [0, 0.1) is 13.8 Å².